The Hall–Kier alpha value is -0.0200. The molecule has 2 fully saturated rings. The van der Waals surface area contributed by atoms with Crippen molar-refractivity contribution in [3.8, 4) is 0 Å². The number of nitrogens with zero attached hydrogens (tertiary/aromatic N) is 1. The number of thioether (sulfide) groups is 1. The van der Waals surface area contributed by atoms with Crippen LogP contribution < -0.4 is 5.73 Å². The molecule has 0 bridgehead atoms. The molecule has 2 N–H and O–H groups in total. The third kappa shape index (κ3) is 1.50. The highest BCUT2D eigenvalue weighted by Gasteiger charge is 2.38. The minimum atomic E-state index is 0.444. The van der Waals surface area contributed by atoms with Crippen molar-refractivity contribution in [1.82, 2.24) is 0 Å². The van der Waals surface area contributed by atoms with E-state index >= 15 is 0 Å². The zero-order chi connectivity index (χ0) is 9.54. The summed E-state index contributed by atoms with van der Waals surface area (Å²) >= 11 is 2.05. The molecule has 0 amide bonds. The molecule has 3 atom stereocenters. The van der Waals surface area contributed by atoms with Crippen LogP contribution in [0, 0.1) is 5.92 Å². The van der Waals surface area contributed by atoms with Crippen molar-refractivity contribution in [3.05, 3.63) is 0 Å². The summed E-state index contributed by atoms with van der Waals surface area (Å²) in [4.78, 5) is 4.89. The van der Waals surface area contributed by atoms with E-state index in [0.717, 1.165) is 11.2 Å². The summed E-state index contributed by atoms with van der Waals surface area (Å²) in [5.74, 6) is 0.835. The minimum Gasteiger partial charge on any atom is -0.328 e. The van der Waals surface area contributed by atoms with E-state index in [-0.39, 0.29) is 0 Å². The van der Waals surface area contributed by atoms with E-state index in [1.165, 1.54) is 43.6 Å². The molecule has 3 aliphatic rings. The maximum Gasteiger partial charge on any atom is 0.0714 e. The number of hydrogen-bond donors (Lipinski definition) is 1. The molecule has 2 saturated carbocycles. The lowest BCUT2D eigenvalue weighted by Gasteiger charge is -2.27. The van der Waals surface area contributed by atoms with Crippen LogP contribution in [0.3, 0.4) is 0 Å². The molecule has 0 radical (unpaired) electrons. The Morgan fingerprint density at radius 2 is 2.07 bits per heavy atom. The fraction of sp³-hybridized carbons (Fsp3) is 0.909. The smallest absolute Gasteiger partial charge is 0.0714 e. The molecule has 0 spiro atoms. The van der Waals surface area contributed by atoms with E-state index in [1.54, 1.807) is 0 Å². The molecule has 0 aromatic carbocycles. The van der Waals surface area contributed by atoms with Crippen LogP contribution in [-0.2, 0) is 0 Å². The average molecular weight is 210 g/mol. The fourth-order valence-electron chi connectivity index (χ4n) is 2.62. The van der Waals surface area contributed by atoms with Crippen molar-refractivity contribution in [2.45, 2.75) is 55.9 Å². The predicted octanol–water partition coefficient (Wildman–Crippen LogP) is 2.18. The molecule has 2 nitrogen and oxygen atoms in total. The van der Waals surface area contributed by atoms with Crippen LogP contribution in [0.1, 0.15) is 38.5 Å². The second kappa shape index (κ2) is 3.53. The molecule has 0 aromatic rings. The molecular formula is C11H18N2S. The molecule has 1 aliphatic heterocycles. The molecule has 3 heteroatoms. The SMILES string of the molecule is NC1CCC2N=C(C3CCC3)SC2C1. The van der Waals surface area contributed by atoms with Crippen LogP contribution in [0.15, 0.2) is 4.99 Å². The number of fused-ring (bicyclic) bond motifs is 1. The van der Waals surface area contributed by atoms with Crippen LogP contribution in [0.4, 0.5) is 0 Å². The van der Waals surface area contributed by atoms with Crippen LogP contribution in [0.5, 0.6) is 0 Å². The van der Waals surface area contributed by atoms with Gasteiger partial charge in [-0.25, -0.2) is 0 Å². The Kier molecular flexibility index (Phi) is 2.32. The molecule has 1 heterocycles. The summed E-state index contributed by atoms with van der Waals surface area (Å²) in [6, 6.07) is 1.06. The quantitative estimate of drug-likeness (QED) is 0.720. The van der Waals surface area contributed by atoms with Gasteiger partial charge in [-0.2, -0.15) is 0 Å². The number of nitrogens with two attached hydrogens (primary N) is 1. The Balaban J connectivity index is 1.68. The standard InChI is InChI=1S/C11H18N2S/c12-8-4-5-9-10(6-8)14-11(13-9)7-2-1-3-7/h7-10H,1-6,12H2. The zero-order valence-electron chi connectivity index (χ0n) is 8.48. The normalized spacial score (nSPS) is 42.9. The molecule has 78 valence electrons. The highest BCUT2D eigenvalue weighted by Crippen LogP contribution is 2.43. The molecule has 2 aliphatic carbocycles. The summed E-state index contributed by atoms with van der Waals surface area (Å²) < 4.78 is 0. The maximum absolute atomic E-state index is 5.99. The van der Waals surface area contributed by atoms with Crippen molar-refractivity contribution in [3.63, 3.8) is 0 Å². The first kappa shape index (κ1) is 9.22. The van der Waals surface area contributed by atoms with Gasteiger partial charge in [-0.15, -0.1) is 11.8 Å². The molecule has 0 saturated heterocycles. The fourth-order valence-corrected chi connectivity index (χ4v) is 4.26. The Bertz CT molecular complexity index is 260. The van der Waals surface area contributed by atoms with Crippen molar-refractivity contribution in [2.24, 2.45) is 16.6 Å². The number of aliphatic imine (C=N–C) groups is 1. The van der Waals surface area contributed by atoms with Gasteiger partial charge in [-0.05, 0) is 32.1 Å². The van der Waals surface area contributed by atoms with Gasteiger partial charge in [-0.1, -0.05) is 6.42 Å². The summed E-state index contributed by atoms with van der Waals surface area (Å²) in [6.07, 6.45) is 7.79. The monoisotopic (exact) mass is 210 g/mol. The van der Waals surface area contributed by atoms with Gasteiger partial charge in [0.25, 0.3) is 0 Å². The third-order valence-corrected chi connectivity index (χ3v) is 5.31. The van der Waals surface area contributed by atoms with Gasteiger partial charge in [0, 0.05) is 17.2 Å². The summed E-state index contributed by atoms with van der Waals surface area (Å²) in [5, 5.41) is 2.20. The Morgan fingerprint density at radius 3 is 2.79 bits per heavy atom. The van der Waals surface area contributed by atoms with Crippen molar-refractivity contribution >= 4 is 16.8 Å². The van der Waals surface area contributed by atoms with E-state index in [0.29, 0.717) is 12.1 Å². The second-order valence-electron chi connectivity index (χ2n) is 4.89. The maximum atomic E-state index is 5.99. The first-order valence-electron chi connectivity index (χ1n) is 5.83. The van der Waals surface area contributed by atoms with Gasteiger partial charge < -0.3 is 5.73 Å². The van der Waals surface area contributed by atoms with Gasteiger partial charge in [-0.3, -0.25) is 4.99 Å². The second-order valence-corrected chi connectivity index (χ2v) is 6.15. The van der Waals surface area contributed by atoms with Crippen LogP contribution >= 0.6 is 11.8 Å². The molecular weight excluding hydrogens is 192 g/mol. The van der Waals surface area contributed by atoms with Gasteiger partial charge in [0.1, 0.15) is 0 Å². The van der Waals surface area contributed by atoms with E-state index in [4.69, 9.17) is 10.7 Å². The van der Waals surface area contributed by atoms with Crippen LogP contribution in [0.25, 0.3) is 0 Å². The lowest BCUT2D eigenvalue weighted by atomic mass is 9.86. The van der Waals surface area contributed by atoms with Crippen LogP contribution in [0.2, 0.25) is 0 Å². The lowest BCUT2D eigenvalue weighted by molar-refractivity contribution is 0.403. The lowest BCUT2D eigenvalue weighted by Crippen LogP contribution is -2.35. The molecule has 14 heavy (non-hydrogen) atoms. The van der Waals surface area contributed by atoms with Crippen molar-refractivity contribution < 1.29 is 0 Å². The third-order valence-electron chi connectivity index (χ3n) is 3.82. The molecule has 3 unspecified atom stereocenters. The highest BCUT2D eigenvalue weighted by molar-refractivity contribution is 8.14. The van der Waals surface area contributed by atoms with Crippen LogP contribution in [-0.4, -0.2) is 22.4 Å². The van der Waals surface area contributed by atoms with Crippen molar-refractivity contribution in [2.75, 3.05) is 0 Å². The van der Waals surface area contributed by atoms with Crippen molar-refractivity contribution in [1.29, 1.82) is 0 Å². The number of hydrogen-bond acceptors (Lipinski definition) is 3. The first-order valence-corrected chi connectivity index (χ1v) is 6.71. The van der Waals surface area contributed by atoms with E-state index in [2.05, 4.69) is 11.8 Å². The molecule has 0 aromatic heterocycles. The topological polar surface area (TPSA) is 38.4 Å². The number of rotatable bonds is 1. The summed E-state index contributed by atoms with van der Waals surface area (Å²) in [6.45, 7) is 0. The summed E-state index contributed by atoms with van der Waals surface area (Å²) in [7, 11) is 0. The van der Waals surface area contributed by atoms with E-state index < -0.39 is 0 Å². The average Bonchev–Trinajstić information content (AvgIpc) is 2.43. The van der Waals surface area contributed by atoms with Gasteiger partial charge in [0.05, 0.1) is 11.1 Å². The largest absolute Gasteiger partial charge is 0.328 e. The molecule has 3 rings (SSSR count). The van der Waals surface area contributed by atoms with Gasteiger partial charge in [0.2, 0.25) is 0 Å². The Morgan fingerprint density at radius 1 is 1.21 bits per heavy atom. The highest BCUT2D eigenvalue weighted by atomic mass is 32.2. The minimum absolute atomic E-state index is 0.444. The van der Waals surface area contributed by atoms with E-state index in [1.807, 2.05) is 0 Å². The van der Waals surface area contributed by atoms with Gasteiger partial charge >= 0.3 is 0 Å². The van der Waals surface area contributed by atoms with Gasteiger partial charge in [0.15, 0.2) is 0 Å². The summed E-state index contributed by atoms with van der Waals surface area (Å²) in [5.41, 5.74) is 5.99. The zero-order valence-corrected chi connectivity index (χ0v) is 9.30. The predicted molar refractivity (Wildman–Crippen MR) is 61.8 cm³/mol. The first-order chi connectivity index (χ1) is 6.83. The van der Waals surface area contributed by atoms with E-state index in [9.17, 15) is 0 Å². The Labute approximate surface area is 89.7 Å².